The molecule has 0 aliphatic carbocycles. The molecular formula is C25H25F3N6O4. The lowest BCUT2D eigenvalue weighted by atomic mass is 10.1. The predicted molar refractivity (Wildman–Crippen MR) is 134 cm³/mol. The van der Waals surface area contributed by atoms with Gasteiger partial charge in [-0.15, -0.1) is 0 Å². The van der Waals surface area contributed by atoms with Crippen molar-refractivity contribution < 1.29 is 32.6 Å². The van der Waals surface area contributed by atoms with Gasteiger partial charge in [0.15, 0.2) is 23.0 Å². The van der Waals surface area contributed by atoms with Crippen molar-refractivity contribution in [2.75, 3.05) is 25.5 Å². The number of methoxy groups -OCH3 is 1. The number of anilines is 2. The molecule has 5 N–H and O–H groups in total. The zero-order valence-electron chi connectivity index (χ0n) is 20.5. The van der Waals surface area contributed by atoms with Gasteiger partial charge >= 0.3 is 0 Å². The third kappa shape index (κ3) is 5.83. The van der Waals surface area contributed by atoms with Gasteiger partial charge in [-0.3, -0.25) is 14.0 Å². The van der Waals surface area contributed by atoms with Crippen LogP contribution in [0.1, 0.15) is 22.3 Å². The highest BCUT2D eigenvalue weighted by molar-refractivity contribution is 5.96. The van der Waals surface area contributed by atoms with E-state index in [-0.39, 0.29) is 34.9 Å². The first-order chi connectivity index (χ1) is 18.3. The summed E-state index contributed by atoms with van der Waals surface area (Å²) in [4.78, 5) is 29.2. The van der Waals surface area contributed by atoms with Crippen LogP contribution in [0.4, 0.5) is 24.7 Å². The van der Waals surface area contributed by atoms with E-state index in [1.165, 1.54) is 42.1 Å². The maximum atomic E-state index is 14.8. The number of aryl methyl sites for hydroxylation is 1. The summed E-state index contributed by atoms with van der Waals surface area (Å²) >= 11 is 0. The fraction of sp³-hybridized carbons (Fsp3) is 0.200. The Hall–Kier alpha value is -4.65. The molecule has 2 aromatic heterocycles. The first-order valence-electron chi connectivity index (χ1n) is 11.2. The van der Waals surface area contributed by atoms with Crippen LogP contribution >= 0.6 is 0 Å². The third-order valence-electron chi connectivity index (χ3n) is 5.41. The minimum atomic E-state index is -1.11. The number of imidazole rings is 1. The average Bonchev–Trinajstić information content (AvgIpc) is 3.31. The van der Waals surface area contributed by atoms with Crippen molar-refractivity contribution in [3.63, 3.8) is 0 Å². The number of hydrogen-bond donors (Lipinski definition) is 4. The molecule has 0 atom stereocenters. The van der Waals surface area contributed by atoms with Gasteiger partial charge in [-0.1, -0.05) is 0 Å². The zero-order valence-corrected chi connectivity index (χ0v) is 20.5. The number of hydrogen-bond acceptors (Lipinski definition) is 7. The molecule has 0 spiro atoms. The number of fused-ring (bicyclic) bond motifs is 1. The Morgan fingerprint density at radius 3 is 2.61 bits per heavy atom. The highest BCUT2D eigenvalue weighted by Crippen LogP contribution is 2.31. The van der Waals surface area contributed by atoms with Gasteiger partial charge in [-0.05, 0) is 49.7 Å². The minimum Gasteiger partial charge on any atom is -0.494 e. The Balaban J connectivity index is 0.00000127. The number of rotatable bonds is 8. The number of nitrogens with zero attached hydrogens (tertiary/aromatic N) is 3. The topological polar surface area (TPSA) is 144 Å². The van der Waals surface area contributed by atoms with Gasteiger partial charge in [0.05, 0.1) is 24.6 Å². The average molecular weight is 531 g/mol. The second-order valence-corrected chi connectivity index (χ2v) is 7.83. The third-order valence-corrected chi connectivity index (χ3v) is 5.41. The van der Waals surface area contributed by atoms with Crippen molar-refractivity contribution >= 4 is 29.5 Å². The Kier molecular flexibility index (Phi) is 9.22. The van der Waals surface area contributed by atoms with E-state index in [0.717, 1.165) is 0 Å². The molecule has 0 bridgehead atoms. The summed E-state index contributed by atoms with van der Waals surface area (Å²) in [7, 11) is 1.25. The highest BCUT2D eigenvalue weighted by Gasteiger charge is 2.20. The van der Waals surface area contributed by atoms with Crippen LogP contribution < -0.4 is 21.1 Å². The molecule has 0 saturated heterocycles. The van der Waals surface area contributed by atoms with E-state index in [9.17, 15) is 18.0 Å². The maximum absolute atomic E-state index is 14.8. The molecule has 0 aliphatic heterocycles. The minimum absolute atomic E-state index is 0.0140. The number of aromatic nitrogens is 3. The number of nitrogens with two attached hydrogens (primary N) is 1. The van der Waals surface area contributed by atoms with Crippen LogP contribution in [0.5, 0.6) is 5.75 Å². The summed E-state index contributed by atoms with van der Waals surface area (Å²) in [5.74, 6) is -3.36. The van der Waals surface area contributed by atoms with E-state index >= 15 is 0 Å². The van der Waals surface area contributed by atoms with Crippen LogP contribution in [0.2, 0.25) is 0 Å². The van der Waals surface area contributed by atoms with Crippen LogP contribution in [0.15, 0.2) is 42.9 Å². The van der Waals surface area contributed by atoms with Gasteiger partial charge in [-0.25, -0.2) is 18.7 Å². The van der Waals surface area contributed by atoms with Gasteiger partial charge in [0.25, 0.3) is 12.4 Å². The van der Waals surface area contributed by atoms with Gasteiger partial charge < -0.3 is 26.2 Å². The van der Waals surface area contributed by atoms with Crippen molar-refractivity contribution in [2.24, 2.45) is 5.73 Å². The van der Waals surface area contributed by atoms with Crippen LogP contribution in [0.3, 0.4) is 0 Å². The highest BCUT2D eigenvalue weighted by atomic mass is 19.2. The summed E-state index contributed by atoms with van der Waals surface area (Å²) in [6.45, 7) is 2.13. The van der Waals surface area contributed by atoms with Crippen molar-refractivity contribution in [1.29, 1.82) is 0 Å². The second kappa shape index (κ2) is 12.5. The van der Waals surface area contributed by atoms with Crippen molar-refractivity contribution in [3.8, 4) is 17.0 Å². The van der Waals surface area contributed by atoms with Crippen LogP contribution in [0.25, 0.3) is 16.9 Å². The molecule has 38 heavy (non-hydrogen) atoms. The molecule has 0 unspecified atom stereocenters. The molecule has 0 saturated carbocycles. The number of carbonyl (C=O) groups is 2. The molecule has 0 fully saturated rings. The molecule has 1 amide bonds. The number of halogens is 3. The molecule has 13 heteroatoms. The summed E-state index contributed by atoms with van der Waals surface area (Å²) in [6.07, 6.45) is 4.96. The van der Waals surface area contributed by atoms with Crippen molar-refractivity contribution in [2.45, 2.75) is 13.3 Å². The van der Waals surface area contributed by atoms with E-state index in [4.69, 9.17) is 20.4 Å². The van der Waals surface area contributed by atoms with Gasteiger partial charge in [0.2, 0.25) is 5.82 Å². The van der Waals surface area contributed by atoms with Gasteiger partial charge in [0.1, 0.15) is 5.82 Å². The van der Waals surface area contributed by atoms with Gasteiger partial charge in [-0.2, -0.15) is 4.39 Å². The maximum Gasteiger partial charge on any atom is 0.290 e. The van der Waals surface area contributed by atoms with Crippen molar-refractivity contribution in [1.82, 2.24) is 19.7 Å². The summed E-state index contributed by atoms with van der Waals surface area (Å²) in [6, 6.07) is 5.50. The largest absolute Gasteiger partial charge is 0.494 e. The fourth-order valence-electron chi connectivity index (χ4n) is 3.73. The lowest BCUT2D eigenvalue weighted by Gasteiger charge is -2.13. The Morgan fingerprint density at radius 1 is 1.21 bits per heavy atom. The molecule has 4 aromatic rings. The number of nitrogens with one attached hydrogen (secondary N) is 2. The molecule has 2 heterocycles. The number of benzene rings is 2. The van der Waals surface area contributed by atoms with Crippen molar-refractivity contribution in [3.05, 3.63) is 71.4 Å². The predicted octanol–water partition coefficient (Wildman–Crippen LogP) is 3.65. The standard InChI is InChI=1S/C24H23F3N6O2.CH2O2/c1-13-10-14(11-16(25)19(13)24(34)30-7-3-6-28)32-22-23-31-12-17(33(23)9-8-29-22)15-4-5-18(35-2)21(27)20(15)26;2-1-3/h4-5,8-12H,3,6-7,28H2,1-2H3,(H,29,32)(H,30,34);1H,(H,2,3). The second-order valence-electron chi connectivity index (χ2n) is 7.83. The monoisotopic (exact) mass is 530 g/mol. The van der Waals surface area contributed by atoms with E-state index in [0.29, 0.717) is 36.4 Å². The van der Waals surface area contributed by atoms with Crippen LogP contribution in [-0.2, 0) is 4.79 Å². The summed E-state index contributed by atoms with van der Waals surface area (Å²) < 4.78 is 50.1. The molecule has 10 nitrogen and oxygen atoms in total. The van der Waals surface area contributed by atoms with E-state index < -0.39 is 23.4 Å². The lowest BCUT2D eigenvalue weighted by molar-refractivity contribution is -0.122. The molecule has 0 radical (unpaired) electrons. The Morgan fingerprint density at radius 2 is 1.95 bits per heavy atom. The summed E-state index contributed by atoms with van der Waals surface area (Å²) in [5.41, 5.74) is 6.70. The zero-order chi connectivity index (χ0) is 27.8. The fourth-order valence-corrected chi connectivity index (χ4v) is 3.73. The Labute approximate surface area is 215 Å². The first-order valence-corrected chi connectivity index (χ1v) is 11.2. The Bertz CT molecular complexity index is 1440. The number of amides is 1. The quantitative estimate of drug-likeness (QED) is 0.200. The lowest BCUT2D eigenvalue weighted by Crippen LogP contribution is -2.27. The first kappa shape index (κ1) is 27.9. The van der Waals surface area contributed by atoms with Crippen LogP contribution in [0, 0.1) is 24.4 Å². The molecule has 200 valence electrons. The van der Waals surface area contributed by atoms with E-state index in [2.05, 4.69) is 20.6 Å². The smallest absolute Gasteiger partial charge is 0.290 e. The summed E-state index contributed by atoms with van der Waals surface area (Å²) in [5, 5.41) is 12.5. The number of carboxylic acid groups (broad SMARTS) is 1. The molecule has 4 rings (SSSR count). The van der Waals surface area contributed by atoms with Crippen LogP contribution in [-0.4, -0.2) is 52.1 Å². The molecule has 2 aromatic carbocycles. The molecular weight excluding hydrogens is 505 g/mol. The SMILES string of the molecule is COc1ccc(-c2cnc3c(Nc4cc(C)c(C(=O)NCCCN)c(F)c4)nccn23)c(F)c1F.O=CO. The number of ether oxygens (including phenoxy) is 1. The molecule has 0 aliphatic rings. The van der Waals surface area contributed by atoms with E-state index in [1.807, 2.05) is 0 Å². The normalized spacial score (nSPS) is 10.5. The van der Waals surface area contributed by atoms with E-state index in [1.54, 1.807) is 19.2 Å². The van der Waals surface area contributed by atoms with Gasteiger partial charge in [0, 0.05) is 30.2 Å². The number of carbonyl (C=O) groups excluding carboxylic acids is 1.